The van der Waals surface area contributed by atoms with Crippen LogP contribution in [-0.4, -0.2) is 9.55 Å². The predicted octanol–water partition coefficient (Wildman–Crippen LogP) is 1.83. The van der Waals surface area contributed by atoms with Crippen molar-refractivity contribution in [2.24, 2.45) is 0 Å². The maximum absolute atomic E-state index is 8.41. The van der Waals surface area contributed by atoms with Crippen LogP contribution in [-0.2, 0) is 13.0 Å². The fourth-order valence-corrected chi connectivity index (χ4v) is 1.24. The van der Waals surface area contributed by atoms with Gasteiger partial charge in [-0.1, -0.05) is 6.92 Å². The second-order valence-electron chi connectivity index (χ2n) is 2.75. The summed E-state index contributed by atoms with van der Waals surface area (Å²) < 4.78 is 2.05. The highest BCUT2D eigenvalue weighted by atomic mass is 15.1. The first-order valence-electron chi connectivity index (χ1n) is 4.17. The maximum atomic E-state index is 8.41. The van der Waals surface area contributed by atoms with Crippen LogP contribution in [0.5, 0.6) is 0 Å². The van der Waals surface area contributed by atoms with Crippen molar-refractivity contribution in [1.29, 1.82) is 5.26 Å². The van der Waals surface area contributed by atoms with E-state index in [4.69, 9.17) is 5.26 Å². The van der Waals surface area contributed by atoms with Crippen molar-refractivity contribution in [3.63, 3.8) is 0 Å². The van der Waals surface area contributed by atoms with Crippen molar-refractivity contribution in [3.8, 4) is 6.07 Å². The quantitative estimate of drug-likeness (QED) is 0.770. The molecule has 13 heavy (non-hydrogen) atoms. The second-order valence-corrected chi connectivity index (χ2v) is 2.75. The SMILES string of the molecule is CCc1nc(C)cn1CCC#N.N. The smallest absolute Gasteiger partial charge is 0.108 e. The minimum atomic E-state index is 0. The maximum Gasteiger partial charge on any atom is 0.108 e. The minimum absolute atomic E-state index is 0. The van der Waals surface area contributed by atoms with Gasteiger partial charge in [-0.05, 0) is 6.92 Å². The van der Waals surface area contributed by atoms with Crippen LogP contribution in [0.3, 0.4) is 0 Å². The molecule has 0 radical (unpaired) electrons. The van der Waals surface area contributed by atoms with Gasteiger partial charge in [0, 0.05) is 19.2 Å². The van der Waals surface area contributed by atoms with E-state index in [0.29, 0.717) is 6.42 Å². The number of aryl methyl sites for hydroxylation is 3. The van der Waals surface area contributed by atoms with Crippen molar-refractivity contribution in [2.45, 2.75) is 33.2 Å². The molecule has 0 saturated heterocycles. The highest BCUT2D eigenvalue weighted by Gasteiger charge is 2.01. The first-order chi connectivity index (χ1) is 5.77. The van der Waals surface area contributed by atoms with Gasteiger partial charge in [0.1, 0.15) is 5.82 Å². The Bertz CT molecular complexity index is 295. The number of hydrogen-bond donors (Lipinski definition) is 1. The summed E-state index contributed by atoms with van der Waals surface area (Å²) in [7, 11) is 0. The van der Waals surface area contributed by atoms with E-state index < -0.39 is 0 Å². The average molecular weight is 180 g/mol. The molecule has 0 aliphatic heterocycles. The van der Waals surface area contributed by atoms with Crippen LogP contribution >= 0.6 is 0 Å². The first kappa shape index (κ1) is 11.7. The van der Waals surface area contributed by atoms with Gasteiger partial charge >= 0.3 is 0 Å². The Morgan fingerprint density at radius 1 is 1.62 bits per heavy atom. The Kier molecular flexibility index (Phi) is 4.78. The number of nitriles is 1. The monoisotopic (exact) mass is 180 g/mol. The number of aromatic nitrogens is 2. The number of hydrogen-bond acceptors (Lipinski definition) is 3. The lowest BCUT2D eigenvalue weighted by molar-refractivity contribution is 0.670. The van der Waals surface area contributed by atoms with Gasteiger partial charge in [0.15, 0.2) is 0 Å². The molecule has 1 aromatic heterocycles. The molecule has 1 rings (SSSR count). The van der Waals surface area contributed by atoms with Gasteiger partial charge < -0.3 is 10.7 Å². The van der Waals surface area contributed by atoms with Crippen LogP contribution in [0.1, 0.15) is 24.9 Å². The van der Waals surface area contributed by atoms with Gasteiger partial charge in [0.25, 0.3) is 0 Å². The van der Waals surface area contributed by atoms with Gasteiger partial charge in [0.05, 0.1) is 18.2 Å². The van der Waals surface area contributed by atoms with E-state index in [0.717, 1.165) is 24.5 Å². The molecular formula is C9H16N4. The van der Waals surface area contributed by atoms with Crippen LogP contribution in [0.25, 0.3) is 0 Å². The summed E-state index contributed by atoms with van der Waals surface area (Å²) in [6.45, 7) is 4.81. The van der Waals surface area contributed by atoms with Crippen molar-refractivity contribution in [1.82, 2.24) is 15.7 Å². The average Bonchev–Trinajstić information content (AvgIpc) is 2.42. The van der Waals surface area contributed by atoms with E-state index in [-0.39, 0.29) is 6.15 Å². The first-order valence-corrected chi connectivity index (χ1v) is 4.17. The Balaban J connectivity index is 0.00000144. The molecule has 0 atom stereocenters. The Labute approximate surface area is 78.8 Å². The highest BCUT2D eigenvalue weighted by molar-refractivity contribution is 5.02. The lowest BCUT2D eigenvalue weighted by Gasteiger charge is -2.01. The lowest BCUT2D eigenvalue weighted by Crippen LogP contribution is -2.00. The van der Waals surface area contributed by atoms with Crippen LogP contribution < -0.4 is 6.15 Å². The van der Waals surface area contributed by atoms with Crippen LogP contribution in [0.4, 0.5) is 0 Å². The fourth-order valence-electron chi connectivity index (χ4n) is 1.24. The zero-order valence-corrected chi connectivity index (χ0v) is 8.25. The van der Waals surface area contributed by atoms with Crippen molar-refractivity contribution < 1.29 is 0 Å². The zero-order valence-electron chi connectivity index (χ0n) is 8.25. The van der Waals surface area contributed by atoms with Gasteiger partial charge in [-0.3, -0.25) is 0 Å². The molecule has 0 fully saturated rings. The summed E-state index contributed by atoms with van der Waals surface area (Å²) >= 11 is 0. The molecule has 0 aromatic carbocycles. The van der Waals surface area contributed by atoms with Crippen molar-refractivity contribution in [2.75, 3.05) is 0 Å². The fraction of sp³-hybridized carbons (Fsp3) is 0.556. The van der Waals surface area contributed by atoms with Crippen molar-refractivity contribution in [3.05, 3.63) is 17.7 Å². The third kappa shape index (κ3) is 2.88. The van der Waals surface area contributed by atoms with E-state index in [1.165, 1.54) is 0 Å². The van der Waals surface area contributed by atoms with Gasteiger partial charge in [-0.15, -0.1) is 0 Å². The molecule has 1 heterocycles. The molecule has 0 spiro atoms. The minimum Gasteiger partial charge on any atom is -0.344 e. The number of rotatable bonds is 3. The highest BCUT2D eigenvalue weighted by Crippen LogP contribution is 2.03. The summed E-state index contributed by atoms with van der Waals surface area (Å²) in [5.41, 5.74) is 1.03. The molecule has 0 aliphatic carbocycles. The predicted molar refractivity (Wildman–Crippen MR) is 51.6 cm³/mol. The topological polar surface area (TPSA) is 76.6 Å². The van der Waals surface area contributed by atoms with Crippen LogP contribution in [0, 0.1) is 18.3 Å². The Hall–Kier alpha value is -1.34. The van der Waals surface area contributed by atoms with Crippen LogP contribution in [0.15, 0.2) is 6.20 Å². The van der Waals surface area contributed by atoms with Gasteiger partial charge in [-0.25, -0.2) is 4.98 Å². The van der Waals surface area contributed by atoms with Crippen molar-refractivity contribution >= 4 is 0 Å². The summed E-state index contributed by atoms with van der Waals surface area (Å²) in [4.78, 5) is 4.34. The Morgan fingerprint density at radius 2 is 2.31 bits per heavy atom. The standard InChI is InChI=1S/C9H13N3.H3N/c1-3-9-11-8(2)7-12(9)6-4-5-10;/h7H,3-4,6H2,1-2H3;1H3. The summed E-state index contributed by atoms with van der Waals surface area (Å²) in [6.07, 6.45) is 3.48. The summed E-state index contributed by atoms with van der Waals surface area (Å²) in [6, 6.07) is 2.13. The van der Waals surface area contributed by atoms with Gasteiger partial charge in [0.2, 0.25) is 0 Å². The van der Waals surface area contributed by atoms with E-state index in [2.05, 4.69) is 22.5 Å². The second kappa shape index (κ2) is 5.33. The summed E-state index contributed by atoms with van der Waals surface area (Å²) in [5, 5.41) is 8.41. The molecule has 4 nitrogen and oxygen atoms in total. The molecule has 4 heteroatoms. The third-order valence-electron chi connectivity index (χ3n) is 1.76. The van der Waals surface area contributed by atoms with E-state index in [1.807, 2.05) is 13.1 Å². The molecular weight excluding hydrogens is 164 g/mol. The largest absolute Gasteiger partial charge is 0.344 e. The van der Waals surface area contributed by atoms with Crippen LogP contribution in [0.2, 0.25) is 0 Å². The molecule has 72 valence electrons. The van der Waals surface area contributed by atoms with E-state index >= 15 is 0 Å². The third-order valence-corrected chi connectivity index (χ3v) is 1.76. The van der Waals surface area contributed by atoms with Gasteiger partial charge in [-0.2, -0.15) is 5.26 Å². The molecule has 0 aliphatic rings. The molecule has 0 unspecified atom stereocenters. The number of nitrogens with zero attached hydrogens (tertiary/aromatic N) is 3. The normalized spacial score (nSPS) is 9.00. The van der Waals surface area contributed by atoms with E-state index in [1.54, 1.807) is 0 Å². The summed E-state index contributed by atoms with van der Waals surface area (Å²) in [5.74, 6) is 1.07. The number of imidazole rings is 1. The molecule has 0 amide bonds. The molecule has 1 aromatic rings. The molecule has 3 N–H and O–H groups in total. The van der Waals surface area contributed by atoms with E-state index in [9.17, 15) is 0 Å². The lowest BCUT2D eigenvalue weighted by atomic mass is 10.4. The Morgan fingerprint density at radius 3 is 2.85 bits per heavy atom. The molecule has 0 saturated carbocycles. The zero-order chi connectivity index (χ0) is 8.97. The molecule has 0 bridgehead atoms.